The summed E-state index contributed by atoms with van der Waals surface area (Å²) in [4.78, 5) is 16.4. The van der Waals surface area contributed by atoms with E-state index < -0.39 is 0 Å². The lowest BCUT2D eigenvalue weighted by atomic mass is 9.97. The maximum Gasteiger partial charge on any atom is 0.184 e. The number of carbonyl (C=O) groups excluding carboxylic acids is 1. The van der Waals surface area contributed by atoms with Crippen molar-refractivity contribution in [3.05, 3.63) is 42.2 Å². The summed E-state index contributed by atoms with van der Waals surface area (Å²) in [6.07, 6.45) is 2.56. The van der Waals surface area contributed by atoms with Crippen molar-refractivity contribution >= 4 is 16.6 Å². The van der Waals surface area contributed by atoms with Crippen LogP contribution in [0, 0.1) is 5.92 Å². The van der Waals surface area contributed by atoms with Gasteiger partial charge < -0.3 is 0 Å². The van der Waals surface area contributed by atoms with Crippen LogP contribution in [0.1, 0.15) is 30.8 Å². The van der Waals surface area contributed by atoms with E-state index in [9.17, 15) is 4.79 Å². The molecule has 0 radical (unpaired) electrons. The normalized spacial score (nSPS) is 12.6. The molecule has 16 heavy (non-hydrogen) atoms. The molecule has 0 aliphatic rings. The molecule has 1 aromatic carbocycles. The Kier molecular flexibility index (Phi) is 3.00. The number of hydrogen-bond acceptors (Lipinski definition) is 2. The first-order chi connectivity index (χ1) is 7.74. The minimum Gasteiger partial charge on any atom is -0.292 e. The first-order valence-electron chi connectivity index (χ1n) is 5.62. The lowest BCUT2D eigenvalue weighted by Crippen LogP contribution is -2.12. The van der Waals surface area contributed by atoms with E-state index in [0.29, 0.717) is 5.69 Å². The SMILES string of the molecule is CCC(C)C(=O)c1nccc2ccccc12. The van der Waals surface area contributed by atoms with Crippen molar-refractivity contribution in [3.8, 4) is 0 Å². The highest BCUT2D eigenvalue weighted by atomic mass is 16.1. The fraction of sp³-hybridized carbons (Fsp3) is 0.286. The van der Waals surface area contributed by atoms with Crippen LogP contribution in [0.15, 0.2) is 36.5 Å². The summed E-state index contributed by atoms with van der Waals surface area (Å²) in [7, 11) is 0. The molecule has 2 rings (SSSR count). The molecule has 0 spiro atoms. The molecular formula is C14H15NO. The molecule has 0 saturated heterocycles. The Bertz CT molecular complexity index is 514. The first kappa shape index (κ1) is 10.8. The van der Waals surface area contributed by atoms with Crippen LogP contribution in [0.25, 0.3) is 10.8 Å². The van der Waals surface area contributed by atoms with Gasteiger partial charge in [-0.15, -0.1) is 0 Å². The number of ketones is 1. The number of carbonyl (C=O) groups is 1. The summed E-state index contributed by atoms with van der Waals surface area (Å²) in [5.74, 6) is 0.178. The van der Waals surface area contributed by atoms with Crippen molar-refractivity contribution in [2.75, 3.05) is 0 Å². The van der Waals surface area contributed by atoms with Gasteiger partial charge in [0.1, 0.15) is 5.69 Å². The fourth-order valence-corrected chi connectivity index (χ4v) is 1.73. The highest BCUT2D eigenvalue weighted by Crippen LogP contribution is 2.19. The summed E-state index contributed by atoms with van der Waals surface area (Å²) in [5.41, 5.74) is 0.604. The molecule has 1 heterocycles. The Hall–Kier alpha value is -1.70. The molecule has 82 valence electrons. The van der Waals surface area contributed by atoms with Gasteiger partial charge in [-0.25, -0.2) is 0 Å². The van der Waals surface area contributed by atoms with E-state index in [1.54, 1.807) is 6.20 Å². The second kappa shape index (κ2) is 4.44. The van der Waals surface area contributed by atoms with Crippen molar-refractivity contribution in [3.63, 3.8) is 0 Å². The summed E-state index contributed by atoms with van der Waals surface area (Å²) >= 11 is 0. The number of aromatic nitrogens is 1. The highest BCUT2D eigenvalue weighted by molar-refractivity contribution is 6.07. The molecule has 2 heteroatoms. The molecular weight excluding hydrogens is 198 g/mol. The molecule has 2 nitrogen and oxygen atoms in total. The van der Waals surface area contributed by atoms with Gasteiger partial charge in [0.15, 0.2) is 5.78 Å². The third-order valence-electron chi connectivity index (χ3n) is 2.97. The molecule has 1 atom stereocenters. The van der Waals surface area contributed by atoms with Gasteiger partial charge in [0.2, 0.25) is 0 Å². The van der Waals surface area contributed by atoms with Crippen molar-refractivity contribution in [1.29, 1.82) is 0 Å². The zero-order valence-corrected chi connectivity index (χ0v) is 9.60. The van der Waals surface area contributed by atoms with Crippen LogP contribution in [0.5, 0.6) is 0 Å². The summed E-state index contributed by atoms with van der Waals surface area (Å²) in [6.45, 7) is 3.97. The molecule has 1 aromatic heterocycles. The third-order valence-corrected chi connectivity index (χ3v) is 2.97. The van der Waals surface area contributed by atoms with Gasteiger partial charge in [0.25, 0.3) is 0 Å². The van der Waals surface area contributed by atoms with Gasteiger partial charge in [-0.3, -0.25) is 9.78 Å². The predicted octanol–water partition coefficient (Wildman–Crippen LogP) is 3.46. The molecule has 0 N–H and O–H groups in total. The first-order valence-corrected chi connectivity index (χ1v) is 5.62. The number of fused-ring (bicyclic) bond motifs is 1. The minimum atomic E-state index is 0.0401. The van der Waals surface area contributed by atoms with Crippen LogP contribution in [0.4, 0.5) is 0 Å². The standard InChI is InChI=1S/C14H15NO/c1-3-10(2)14(16)13-12-7-5-4-6-11(12)8-9-15-13/h4-10H,3H2,1-2H3. The van der Waals surface area contributed by atoms with Crippen LogP contribution < -0.4 is 0 Å². The minimum absolute atomic E-state index is 0.0401. The van der Waals surface area contributed by atoms with Crippen LogP contribution in [0.3, 0.4) is 0 Å². The Morgan fingerprint density at radius 3 is 2.81 bits per heavy atom. The smallest absolute Gasteiger partial charge is 0.184 e. The maximum atomic E-state index is 12.1. The predicted molar refractivity (Wildman–Crippen MR) is 65.5 cm³/mol. The number of Topliss-reactive ketones (excluding diaryl/α,β-unsaturated/α-hetero) is 1. The van der Waals surface area contributed by atoms with Gasteiger partial charge >= 0.3 is 0 Å². The van der Waals surface area contributed by atoms with Crippen LogP contribution >= 0.6 is 0 Å². The van der Waals surface area contributed by atoms with E-state index in [2.05, 4.69) is 4.98 Å². The largest absolute Gasteiger partial charge is 0.292 e. The van der Waals surface area contributed by atoms with E-state index in [-0.39, 0.29) is 11.7 Å². The van der Waals surface area contributed by atoms with E-state index in [0.717, 1.165) is 17.2 Å². The zero-order valence-electron chi connectivity index (χ0n) is 9.60. The Morgan fingerprint density at radius 1 is 1.31 bits per heavy atom. The van der Waals surface area contributed by atoms with Gasteiger partial charge in [-0.1, -0.05) is 38.1 Å². The third kappa shape index (κ3) is 1.83. The van der Waals surface area contributed by atoms with Gasteiger partial charge in [-0.2, -0.15) is 0 Å². The molecule has 0 bridgehead atoms. The quantitative estimate of drug-likeness (QED) is 0.731. The number of nitrogens with zero attached hydrogens (tertiary/aromatic N) is 1. The van der Waals surface area contributed by atoms with Crippen LogP contribution in [-0.4, -0.2) is 10.8 Å². The molecule has 0 saturated carbocycles. The van der Waals surface area contributed by atoms with Gasteiger partial charge in [0, 0.05) is 17.5 Å². The molecule has 1 unspecified atom stereocenters. The second-order valence-corrected chi connectivity index (χ2v) is 4.05. The molecule has 0 amide bonds. The highest BCUT2D eigenvalue weighted by Gasteiger charge is 2.16. The zero-order chi connectivity index (χ0) is 11.5. The van der Waals surface area contributed by atoms with E-state index in [1.165, 1.54) is 0 Å². The van der Waals surface area contributed by atoms with Crippen molar-refractivity contribution < 1.29 is 4.79 Å². The van der Waals surface area contributed by atoms with Crippen molar-refractivity contribution in [2.45, 2.75) is 20.3 Å². The Labute approximate surface area is 95.3 Å². The van der Waals surface area contributed by atoms with Crippen molar-refractivity contribution in [2.24, 2.45) is 5.92 Å². The van der Waals surface area contributed by atoms with Crippen molar-refractivity contribution in [1.82, 2.24) is 4.98 Å². The number of benzene rings is 1. The fourth-order valence-electron chi connectivity index (χ4n) is 1.73. The molecule has 0 fully saturated rings. The van der Waals surface area contributed by atoms with Gasteiger partial charge in [0.05, 0.1) is 0 Å². The van der Waals surface area contributed by atoms with E-state index in [1.807, 2.05) is 44.2 Å². The lowest BCUT2D eigenvalue weighted by Gasteiger charge is -2.08. The Balaban J connectivity index is 2.56. The monoisotopic (exact) mass is 213 g/mol. The lowest BCUT2D eigenvalue weighted by molar-refractivity contribution is 0.0924. The summed E-state index contributed by atoms with van der Waals surface area (Å²) < 4.78 is 0. The van der Waals surface area contributed by atoms with Crippen LogP contribution in [-0.2, 0) is 0 Å². The molecule has 0 aliphatic carbocycles. The average Bonchev–Trinajstić information content (AvgIpc) is 2.36. The maximum absolute atomic E-state index is 12.1. The summed E-state index contributed by atoms with van der Waals surface area (Å²) in [5, 5.41) is 2.03. The van der Waals surface area contributed by atoms with E-state index in [4.69, 9.17) is 0 Å². The topological polar surface area (TPSA) is 30.0 Å². The average molecular weight is 213 g/mol. The molecule has 2 aromatic rings. The number of rotatable bonds is 3. The number of pyridine rings is 1. The van der Waals surface area contributed by atoms with Gasteiger partial charge in [-0.05, 0) is 17.9 Å². The van der Waals surface area contributed by atoms with E-state index >= 15 is 0 Å². The Morgan fingerprint density at radius 2 is 2.06 bits per heavy atom. The summed E-state index contributed by atoms with van der Waals surface area (Å²) in [6, 6.07) is 9.81. The second-order valence-electron chi connectivity index (χ2n) is 4.05. The molecule has 0 aliphatic heterocycles. The number of hydrogen-bond donors (Lipinski definition) is 0. The van der Waals surface area contributed by atoms with Crippen LogP contribution in [0.2, 0.25) is 0 Å².